The number of nitrogens with zero attached hydrogens (tertiary/aromatic N) is 2. The molecule has 0 spiro atoms. The van der Waals surface area contributed by atoms with E-state index in [1.807, 2.05) is 6.07 Å². The van der Waals surface area contributed by atoms with Crippen molar-refractivity contribution in [2.24, 2.45) is 0 Å². The van der Waals surface area contributed by atoms with Crippen LogP contribution in [0.15, 0.2) is 42.6 Å². The van der Waals surface area contributed by atoms with Gasteiger partial charge in [-0.15, -0.1) is 0 Å². The number of pyridine rings is 1. The normalized spacial score (nSPS) is 10.3. The molecule has 1 aromatic heterocycles. The van der Waals surface area contributed by atoms with E-state index in [9.17, 15) is 9.18 Å². The molecule has 5 heteroatoms. The molecule has 3 nitrogen and oxygen atoms in total. The topological polar surface area (TPSA) is 33.2 Å². The molecule has 0 N–H and O–H groups in total. The van der Waals surface area contributed by atoms with E-state index in [-0.39, 0.29) is 5.56 Å². The average molecular weight is 279 g/mol. The van der Waals surface area contributed by atoms with Crippen LogP contribution in [0.2, 0.25) is 5.02 Å². The van der Waals surface area contributed by atoms with E-state index >= 15 is 0 Å². The molecule has 0 fully saturated rings. The summed E-state index contributed by atoms with van der Waals surface area (Å²) in [7, 11) is 1.59. The molecule has 0 bridgehead atoms. The third-order valence-corrected chi connectivity index (χ3v) is 2.87. The molecule has 0 unspecified atom stereocenters. The van der Waals surface area contributed by atoms with Crippen molar-refractivity contribution in [1.82, 2.24) is 9.88 Å². The first kappa shape index (κ1) is 13.5. The van der Waals surface area contributed by atoms with Gasteiger partial charge in [-0.1, -0.05) is 17.7 Å². The Kier molecular flexibility index (Phi) is 4.12. The molecule has 98 valence electrons. The monoisotopic (exact) mass is 278 g/mol. The third-order valence-electron chi connectivity index (χ3n) is 2.63. The molecule has 0 saturated heterocycles. The van der Waals surface area contributed by atoms with E-state index in [2.05, 4.69) is 4.98 Å². The van der Waals surface area contributed by atoms with Crippen molar-refractivity contribution in [3.05, 3.63) is 64.7 Å². The maximum atomic E-state index is 13.6. The highest BCUT2D eigenvalue weighted by Crippen LogP contribution is 2.17. The Morgan fingerprint density at radius 1 is 1.37 bits per heavy atom. The van der Waals surface area contributed by atoms with Crippen LogP contribution < -0.4 is 0 Å². The van der Waals surface area contributed by atoms with Crippen molar-refractivity contribution < 1.29 is 9.18 Å². The predicted octanol–water partition coefficient (Wildman–Crippen LogP) is 3.15. The molecule has 0 aliphatic carbocycles. The molecular weight excluding hydrogens is 267 g/mol. The average Bonchev–Trinajstić information content (AvgIpc) is 2.42. The summed E-state index contributed by atoms with van der Waals surface area (Å²) in [4.78, 5) is 17.6. The number of carbonyl (C=O) groups excluding carboxylic acids is 1. The van der Waals surface area contributed by atoms with Crippen LogP contribution in [-0.4, -0.2) is 22.8 Å². The van der Waals surface area contributed by atoms with E-state index in [4.69, 9.17) is 11.6 Å². The Labute approximate surface area is 115 Å². The van der Waals surface area contributed by atoms with Crippen LogP contribution in [0.3, 0.4) is 0 Å². The van der Waals surface area contributed by atoms with Gasteiger partial charge in [-0.05, 0) is 30.3 Å². The van der Waals surface area contributed by atoms with E-state index in [1.54, 1.807) is 25.4 Å². The molecule has 2 aromatic rings. The maximum absolute atomic E-state index is 13.6. The van der Waals surface area contributed by atoms with Crippen LogP contribution in [0.5, 0.6) is 0 Å². The van der Waals surface area contributed by atoms with Crippen LogP contribution in [0.4, 0.5) is 4.39 Å². The number of rotatable bonds is 3. The molecule has 0 radical (unpaired) electrons. The zero-order valence-electron chi connectivity index (χ0n) is 10.3. The van der Waals surface area contributed by atoms with E-state index < -0.39 is 11.7 Å². The SMILES string of the molecule is CN(Cc1ccccn1)C(=O)c1cc(Cl)ccc1F. The highest BCUT2D eigenvalue weighted by atomic mass is 35.5. The van der Waals surface area contributed by atoms with Crippen molar-refractivity contribution >= 4 is 17.5 Å². The Balaban J connectivity index is 2.17. The first-order valence-electron chi connectivity index (χ1n) is 5.68. The fraction of sp³-hybridized carbons (Fsp3) is 0.143. The molecular formula is C14H12ClFN2O. The maximum Gasteiger partial charge on any atom is 0.256 e. The predicted molar refractivity (Wildman–Crippen MR) is 71.4 cm³/mol. The summed E-state index contributed by atoms with van der Waals surface area (Å²) < 4.78 is 13.6. The van der Waals surface area contributed by atoms with Crippen molar-refractivity contribution in [3.63, 3.8) is 0 Å². The lowest BCUT2D eigenvalue weighted by Gasteiger charge is -2.17. The second kappa shape index (κ2) is 5.80. The van der Waals surface area contributed by atoms with Gasteiger partial charge in [-0.2, -0.15) is 0 Å². The summed E-state index contributed by atoms with van der Waals surface area (Å²) >= 11 is 5.78. The number of aromatic nitrogens is 1. The number of hydrogen-bond acceptors (Lipinski definition) is 2. The molecule has 2 rings (SSSR count). The van der Waals surface area contributed by atoms with Gasteiger partial charge in [0, 0.05) is 18.3 Å². The Hall–Kier alpha value is -1.94. The summed E-state index contributed by atoms with van der Waals surface area (Å²) in [6.07, 6.45) is 1.65. The van der Waals surface area contributed by atoms with Gasteiger partial charge in [-0.25, -0.2) is 4.39 Å². The molecule has 19 heavy (non-hydrogen) atoms. The van der Waals surface area contributed by atoms with Crippen molar-refractivity contribution in [3.8, 4) is 0 Å². The first-order valence-corrected chi connectivity index (χ1v) is 6.06. The van der Waals surface area contributed by atoms with Gasteiger partial charge in [0.05, 0.1) is 17.8 Å². The molecule has 0 aliphatic heterocycles. The minimum atomic E-state index is -0.581. The highest BCUT2D eigenvalue weighted by Gasteiger charge is 2.17. The third kappa shape index (κ3) is 3.29. The second-order valence-electron chi connectivity index (χ2n) is 4.11. The Bertz CT molecular complexity index is 589. The van der Waals surface area contributed by atoms with Gasteiger partial charge in [-0.3, -0.25) is 9.78 Å². The van der Waals surface area contributed by atoms with Crippen LogP contribution in [0.1, 0.15) is 16.1 Å². The molecule has 1 aromatic carbocycles. The van der Waals surface area contributed by atoms with Crippen molar-refractivity contribution in [1.29, 1.82) is 0 Å². The summed E-state index contributed by atoms with van der Waals surface area (Å²) in [5.41, 5.74) is 0.701. The van der Waals surface area contributed by atoms with Gasteiger partial charge < -0.3 is 4.90 Å². The van der Waals surface area contributed by atoms with E-state index in [0.29, 0.717) is 11.6 Å². The highest BCUT2D eigenvalue weighted by molar-refractivity contribution is 6.30. The number of carbonyl (C=O) groups is 1. The van der Waals surface area contributed by atoms with Gasteiger partial charge >= 0.3 is 0 Å². The summed E-state index contributed by atoms with van der Waals surface area (Å²) in [5, 5.41) is 0.330. The van der Waals surface area contributed by atoms with Gasteiger partial charge in [0.25, 0.3) is 5.91 Å². The lowest BCUT2D eigenvalue weighted by Crippen LogP contribution is -2.27. The van der Waals surface area contributed by atoms with Crippen LogP contribution in [0.25, 0.3) is 0 Å². The van der Waals surface area contributed by atoms with Gasteiger partial charge in [0.1, 0.15) is 5.82 Å². The van der Waals surface area contributed by atoms with Crippen LogP contribution in [-0.2, 0) is 6.54 Å². The van der Waals surface area contributed by atoms with Crippen molar-refractivity contribution in [2.75, 3.05) is 7.05 Å². The van der Waals surface area contributed by atoms with Crippen LogP contribution in [0, 0.1) is 5.82 Å². The first-order chi connectivity index (χ1) is 9.08. The Morgan fingerprint density at radius 2 is 2.16 bits per heavy atom. The Morgan fingerprint density at radius 3 is 2.84 bits per heavy atom. The molecule has 0 aliphatic rings. The lowest BCUT2D eigenvalue weighted by atomic mass is 10.2. The summed E-state index contributed by atoms with van der Waals surface area (Å²) in [6.45, 7) is 0.311. The number of halogens is 2. The van der Waals surface area contributed by atoms with Crippen LogP contribution >= 0.6 is 11.6 Å². The number of amides is 1. The van der Waals surface area contributed by atoms with E-state index in [1.165, 1.54) is 23.1 Å². The number of benzene rings is 1. The smallest absolute Gasteiger partial charge is 0.256 e. The lowest BCUT2D eigenvalue weighted by molar-refractivity contribution is 0.0779. The fourth-order valence-electron chi connectivity index (χ4n) is 1.67. The molecule has 1 heterocycles. The van der Waals surface area contributed by atoms with Crippen molar-refractivity contribution in [2.45, 2.75) is 6.54 Å². The minimum absolute atomic E-state index is 0.0362. The molecule has 0 atom stereocenters. The largest absolute Gasteiger partial charge is 0.336 e. The zero-order valence-corrected chi connectivity index (χ0v) is 11.1. The van der Waals surface area contributed by atoms with E-state index in [0.717, 1.165) is 5.69 Å². The fourth-order valence-corrected chi connectivity index (χ4v) is 1.85. The van der Waals surface area contributed by atoms with Gasteiger partial charge in [0.15, 0.2) is 0 Å². The zero-order chi connectivity index (χ0) is 13.8. The summed E-state index contributed by atoms with van der Waals surface area (Å²) in [5.74, 6) is -1.01. The molecule has 0 saturated carbocycles. The summed E-state index contributed by atoms with van der Waals surface area (Å²) in [6, 6.07) is 9.35. The standard InChI is InChI=1S/C14H12ClFN2O/c1-18(9-11-4-2-3-7-17-11)14(19)12-8-10(15)5-6-13(12)16/h2-8H,9H2,1H3. The van der Waals surface area contributed by atoms with Gasteiger partial charge in [0.2, 0.25) is 0 Å². The molecule has 1 amide bonds. The minimum Gasteiger partial charge on any atom is -0.336 e. The number of hydrogen-bond donors (Lipinski definition) is 0. The second-order valence-corrected chi connectivity index (χ2v) is 4.54. The quantitative estimate of drug-likeness (QED) is 0.864.